The fourth-order valence-electron chi connectivity index (χ4n) is 7.41. The maximum atomic E-state index is 14.9. The average molecular weight is 691 g/mol. The molecule has 3 heterocycles. The van der Waals surface area contributed by atoms with Gasteiger partial charge in [-0.05, 0) is 96.6 Å². The minimum atomic E-state index is -0.438. The standard InChI is InChI=1S/C43H38N4O5/c1-28-22-29-10-6-7-11-31(29)26-46(28)42(50)37-23-32-25-45(43(51)52-35-12-4-3-5-13-35)21-20-30(32)24-40(37)47-27-38(36-14-8-9-15-39(36)47)41(49)44(2)33-16-18-34(48)19-17-33/h3-19,23-24,27-28,48H,20-22,25-26H2,1-2H3/t28-/m1/s1. The second-order valence-corrected chi connectivity index (χ2v) is 13.6. The van der Waals surface area contributed by atoms with E-state index in [0.717, 1.165) is 34.0 Å². The highest BCUT2D eigenvalue weighted by Crippen LogP contribution is 2.34. The molecule has 1 aromatic heterocycles. The summed E-state index contributed by atoms with van der Waals surface area (Å²) in [7, 11) is 1.71. The number of amides is 3. The Balaban J connectivity index is 1.22. The molecule has 2 aliphatic heterocycles. The molecule has 0 fully saturated rings. The molecule has 1 N–H and O–H groups in total. The van der Waals surface area contributed by atoms with E-state index in [4.69, 9.17) is 4.74 Å². The van der Waals surface area contributed by atoms with Gasteiger partial charge in [0.25, 0.3) is 11.8 Å². The van der Waals surface area contributed by atoms with E-state index >= 15 is 0 Å². The topological polar surface area (TPSA) is 95.3 Å². The summed E-state index contributed by atoms with van der Waals surface area (Å²) in [6.07, 6.45) is 2.70. The smallest absolute Gasteiger partial charge is 0.415 e. The van der Waals surface area contributed by atoms with Crippen molar-refractivity contribution in [3.05, 3.63) is 155 Å². The summed E-state index contributed by atoms with van der Waals surface area (Å²) < 4.78 is 7.63. The van der Waals surface area contributed by atoms with Gasteiger partial charge in [-0.15, -0.1) is 0 Å². The molecule has 5 aromatic carbocycles. The minimum absolute atomic E-state index is 0.0406. The lowest BCUT2D eigenvalue weighted by atomic mass is 9.92. The molecule has 0 spiro atoms. The summed E-state index contributed by atoms with van der Waals surface area (Å²) in [4.78, 5) is 47.4. The van der Waals surface area contributed by atoms with Crippen molar-refractivity contribution in [2.45, 2.75) is 38.9 Å². The molecule has 2 aliphatic rings. The van der Waals surface area contributed by atoms with Crippen molar-refractivity contribution >= 4 is 34.5 Å². The van der Waals surface area contributed by atoms with Crippen molar-refractivity contribution in [1.82, 2.24) is 14.4 Å². The normalized spacial score (nSPS) is 15.2. The maximum Gasteiger partial charge on any atom is 0.415 e. The molecule has 260 valence electrons. The number of nitrogens with zero attached hydrogens (tertiary/aromatic N) is 4. The quantitative estimate of drug-likeness (QED) is 0.200. The molecule has 1 atom stereocenters. The first kappa shape index (κ1) is 32.8. The van der Waals surface area contributed by atoms with Crippen molar-refractivity contribution < 1.29 is 24.2 Å². The Bertz CT molecular complexity index is 2330. The van der Waals surface area contributed by atoms with Gasteiger partial charge in [-0.1, -0.05) is 60.7 Å². The molecular weight excluding hydrogens is 652 g/mol. The van der Waals surface area contributed by atoms with Crippen LogP contribution < -0.4 is 9.64 Å². The molecule has 3 amide bonds. The van der Waals surface area contributed by atoms with Gasteiger partial charge >= 0.3 is 6.09 Å². The number of phenols is 1. The van der Waals surface area contributed by atoms with Crippen LogP contribution in [0.1, 0.15) is 49.9 Å². The summed E-state index contributed by atoms with van der Waals surface area (Å²) >= 11 is 0. The van der Waals surface area contributed by atoms with E-state index in [1.807, 2.05) is 76.3 Å². The SMILES string of the molecule is C[C@@H]1Cc2ccccc2CN1C(=O)c1cc2c(cc1-n1cc(C(=O)N(C)c3ccc(O)cc3)c3ccccc31)CCN(C(=O)Oc1ccccc1)C2. The number of para-hydroxylation sites is 2. The van der Waals surface area contributed by atoms with E-state index in [1.165, 1.54) is 5.56 Å². The number of anilines is 1. The number of rotatable bonds is 5. The number of carbonyl (C=O) groups is 3. The van der Waals surface area contributed by atoms with Gasteiger partial charge in [0.15, 0.2) is 0 Å². The lowest BCUT2D eigenvalue weighted by Gasteiger charge is -2.36. The van der Waals surface area contributed by atoms with Gasteiger partial charge in [-0.25, -0.2) is 4.79 Å². The van der Waals surface area contributed by atoms with Gasteiger partial charge in [-0.2, -0.15) is 0 Å². The van der Waals surface area contributed by atoms with Crippen LogP contribution in [0.3, 0.4) is 0 Å². The summed E-state index contributed by atoms with van der Waals surface area (Å²) in [6.45, 7) is 3.32. The number of ether oxygens (including phenoxy) is 1. The molecule has 9 nitrogen and oxygen atoms in total. The van der Waals surface area contributed by atoms with Crippen LogP contribution in [0.5, 0.6) is 11.5 Å². The first-order chi connectivity index (χ1) is 25.2. The molecule has 0 bridgehead atoms. The predicted octanol–water partition coefficient (Wildman–Crippen LogP) is 7.76. The lowest BCUT2D eigenvalue weighted by molar-refractivity contribution is 0.0658. The number of phenolic OH excluding ortho intramolecular Hbond substituents is 1. The Labute approximate surface area is 301 Å². The van der Waals surface area contributed by atoms with Crippen LogP contribution in [0.15, 0.2) is 121 Å². The highest BCUT2D eigenvalue weighted by molar-refractivity contribution is 6.14. The zero-order chi connectivity index (χ0) is 35.9. The molecular formula is C43H38N4O5. The third-order valence-corrected chi connectivity index (χ3v) is 10.3. The van der Waals surface area contributed by atoms with Crippen molar-refractivity contribution in [2.75, 3.05) is 18.5 Å². The van der Waals surface area contributed by atoms with Gasteiger partial charge in [0.2, 0.25) is 0 Å². The van der Waals surface area contributed by atoms with Crippen molar-refractivity contribution in [1.29, 1.82) is 0 Å². The van der Waals surface area contributed by atoms with Crippen LogP contribution in [-0.2, 0) is 25.9 Å². The number of aromatic nitrogens is 1. The third kappa shape index (κ3) is 6.04. The van der Waals surface area contributed by atoms with Crippen molar-refractivity contribution in [3.63, 3.8) is 0 Å². The third-order valence-electron chi connectivity index (χ3n) is 10.3. The van der Waals surface area contributed by atoms with Crippen LogP contribution in [0.4, 0.5) is 10.5 Å². The number of hydrogen-bond donors (Lipinski definition) is 1. The highest BCUT2D eigenvalue weighted by atomic mass is 16.6. The Morgan fingerprint density at radius 2 is 1.48 bits per heavy atom. The summed E-state index contributed by atoms with van der Waals surface area (Å²) in [5, 5.41) is 10.6. The van der Waals surface area contributed by atoms with Crippen molar-refractivity contribution in [2.24, 2.45) is 0 Å². The molecule has 6 aromatic rings. The number of fused-ring (bicyclic) bond motifs is 3. The predicted molar refractivity (Wildman–Crippen MR) is 200 cm³/mol. The van der Waals surface area contributed by atoms with Crippen LogP contribution in [0.2, 0.25) is 0 Å². The first-order valence-electron chi connectivity index (χ1n) is 17.5. The van der Waals surface area contributed by atoms with Gasteiger partial charge in [0, 0.05) is 50.0 Å². The van der Waals surface area contributed by atoms with Crippen LogP contribution in [-0.4, -0.2) is 57.0 Å². The fraction of sp³-hybridized carbons (Fsp3) is 0.186. The first-order valence-corrected chi connectivity index (χ1v) is 17.5. The van der Waals surface area contributed by atoms with Crippen molar-refractivity contribution in [3.8, 4) is 17.2 Å². The maximum absolute atomic E-state index is 14.9. The lowest BCUT2D eigenvalue weighted by Crippen LogP contribution is -2.43. The van der Waals surface area contributed by atoms with E-state index in [-0.39, 0.29) is 23.6 Å². The van der Waals surface area contributed by atoms with Gasteiger partial charge in [0.05, 0.1) is 22.3 Å². The highest BCUT2D eigenvalue weighted by Gasteiger charge is 2.32. The second kappa shape index (κ2) is 13.4. The molecule has 0 radical (unpaired) electrons. The Hall–Kier alpha value is -6.35. The molecule has 52 heavy (non-hydrogen) atoms. The number of benzene rings is 5. The van der Waals surface area contributed by atoms with E-state index < -0.39 is 6.09 Å². The zero-order valence-corrected chi connectivity index (χ0v) is 29.0. The van der Waals surface area contributed by atoms with Crippen LogP contribution in [0.25, 0.3) is 16.6 Å². The van der Waals surface area contributed by atoms with E-state index in [1.54, 1.807) is 53.2 Å². The zero-order valence-electron chi connectivity index (χ0n) is 29.0. The summed E-state index contributed by atoms with van der Waals surface area (Å²) in [5.41, 5.74) is 7.37. The molecule has 9 heteroatoms. The van der Waals surface area contributed by atoms with Crippen LogP contribution in [0, 0.1) is 0 Å². The molecule has 0 saturated heterocycles. The molecule has 0 unspecified atom stereocenters. The Morgan fingerprint density at radius 1 is 0.769 bits per heavy atom. The Morgan fingerprint density at radius 3 is 2.27 bits per heavy atom. The van der Waals surface area contributed by atoms with Gasteiger partial charge in [0.1, 0.15) is 11.5 Å². The fourth-order valence-corrected chi connectivity index (χ4v) is 7.41. The van der Waals surface area contributed by atoms with E-state index in [2.05, 4.69) is 25.1 Å². The average Bonchev–Trinajstić information content (AvgIpc) is 3.56. The Kier molecular flexibility index (Phi) is 8.47. The van der Waals surface area contributed by atoms with Gasteiger partial charge < -0.3 is 29.1 Å². The minimum Gasteiger partial charge on any atom is -0.508 e. The summed E-state index contributed by atoms with van der Waals surface area (Å²) in [5.74, 6) is 0.259. The molecule has 0 saturated carbocycles. The van der Waals surface area contributed by atoms with Gasteiger partial charge in [-0.3, -0.25) is 9.59 Å². The number of carbonyl (C=O) groups excluding carboxylic acids is 3. The van der Waals surface area contributed by atoms with E-state index in [9.17, 15) is 19.5 Å². The molecule has 0 aliphatic carbocycles. The number of hydrogen-bond acceptors (Lipinski definition) is 5. The van der Waals surface area contributed by atoms with E-state index in [0.29, 0.717) is 54.3 Å². The summed E-state index contributed by atoms with van der Waals surface area (Å²) in [6, 6.07) is 35.4. The largest absolute Gasteiger partial charge is 0.508 e. The monoisotopic (exact) mass is 690 g/mol. The molecule has 8 rings (SSSR count). The number of aromatic hydroxyl groups is 1. The second-order valence-electron chi connectivity index (χ2n) is 13.6. The van der Waals surface area contributed by atoms with Crippen LogP contribution >= 0.6 is 0 Å².